The van der Waals surface area contributed by atoms with Crippen LogP contribution in [0.15, 0.2) is 78.9 Å². The van der Waals surface area contributed by atoms with Gasteiger partial charge in [0.1, 0.15) is 11.5 Å². The van der Waals surface area contributed by atoms with E-state index in [9.17, 15) is 4.79 Å². The van der Waals surface area contributed by atoms with Crippen LogP contribution in [0.2, 0.25) is 5.02 Å². The fourth-order valence-corrected chi connectivity index (χ4v) is 6.11. The van der Waals surface area contributed by atoms with E-state index in [1.165, 1.54) is 0 Å². The van der Waals surface area contributed by atoms with Crippen molar-refractivity contribution in [3.63, 3.8) is 0 Å². The minimum atomic E-state index is -1.13. The Hall–Kier alpha value is -3.96. The van der Waals surface area contributed by atoms with Gasteiger partial charge < -0.3 is 19.7 Å². The average Bonchev–Trinajstić information content (AvgIpc) is 3.19. The predicted molar refractivity (Wildman–Crippen MR) is 157 cm³/mol. The molecule has 6 rings (SSSR count). The topological polar surface area (TPSA) is 50.8 Å². The number of fused-ring (bicyclic) bond motifs is 6. The van der Waals surface area contributed by atoms with Crippen molar-refractivity contribution in [2.45, 2.75) is 52.3 Å². The van der Waals surface area contributed by atoms with Gasteiger partial charge in [0.2, 0.25) is 0 Å². The van der Waals surface area contributed by atoms with E-state index < -0.39 is 5.60 Å². The molecule has 6 heteroatoms. The molecule has 5 nitrogen and oxygen atoms in total. The number of aryl methyl sites for hydroxylation is 1. The van der Waals surface area contributed by atoms with Gasteiger partial charge in [-0.3, -0.25) is 0 Å². The third-order valence-corrected chi connectivity index (χ3v) is 7.83. The second-order valence-electron chi connectivity index (χ2n) is 10.8. The molecular weight excluding hydrogens is 508 g/mol. The van der Waals surface area contributed by atoms with Gasteiger partial charge in [-0.2, -0.15) is 0 Å². The Labute approximate surface area is 234 Å². The first kappa shape index (κ1) is 25.3. The van der Waals surface area contributed by atoms with E-state index in [1.54, 1.807) is 0 Å². The van der Waals surface area contributed by atoms with Crippen LogP contribution in [0.4, 0.5) is 17.1 Å². The molecule has 1 N–H and O–H groups in total. The molecule has 0 saturated heterocycles. The number of nitrogens with zero attached hydrogens (tertiary/aromatic N) is 1. The summed E-state index contributed by atoms with van der Waals surface area (Å²) in [6.07, 6.45) is 0. The van der Waals surface area contributed by atoms with E-state index >= 15 is 0 Å². The number of hydrogen-bond donors (Lipinski definition) is 1. The first-order valence-corrected chi connectivity index (χ1v) is 13.7. The highest BCUT2D eigenvalue weighted by Crippen LogP contribution is 2.57. The van der Waals surface area contributed by atoms with E-state index in [0.717, 1.165) is 39.3 Å². The Kier molecular flexibility index (Phi) is 6.07. The molecule has 198 valence electrons. The van der Waals surface area contributed by atoms with Crippen molar-refractivity contribution in [3.05, 3.63) is 112 Å². The van der Waals surface area contributed by atoms with E-state index in [0.29, 0.717) is 34.2 Å². The van der Waals surface area contributed by atoms with Gasteiger partial charge in [-0.15, -0.1) is 0 Å². The largest absolute Gasteiger partial charge is 0.456 e. The molecule has 2 aliphatic heterocycles. The van der Waals surface area contributed by atoms with Crippen molar-refractivity contribution in [1.82, 2.24) is 0 Å². The first-order valence-electron chi connectivity index (χ1n) is 13.3. The summed E-state index contributed by atoms with van der Waals surface area (Å²) in [5.41, 5.74) is 5.72. The highest BCUT2D eigenvalue weighted by atomic mass is 35.5. The third kappa shape index (κ3) is 4.04. The lowest BCUT2D eigenvalue weighted by Crippen LogP contribution is -2.37. The van der Waals surface area contributed by atoms with Gasteiger partial charge in [0, 0.05) is 56.9 Å². The number of benzene rings is 4. The maximum atomic E-state index is 13.3. The van der Waals surface area contributed by atoms with E-state index in [1.807, 2.05) is 73.7 Å². The highest BCUT2D eigenvalue weighted by Gasteiger charge is 2.53. The molecule has 4 aromatic carbocycles. The van der Waals surface area contributed by atoms with Crippen LogP contribution in [-0.4, -0.2) is 18.1 Å². The number of carbonyl (C=O) groups excluding carboxylic acids is 1. The maximum Gasteiger partial charge on any atom is 0.340 e. The minimum absolute atomic E-state index is 0.307. The van der Waals surface area contributed by atoms with Crippen LogP contribution in [0.5, 0.6) is 11.5 Å². The molecule has 39 heavy (non-hydrogen) atoms. The van der Waals surface area contributed by atoms with E-state index in [4.69, 9.17) is 21.1 Å². The zero-order valence-corrected chi connectivity index (χ0v) is 23.5. The first-order chi connectivity index (χ1) is 18.7. The maximum absolute atomic E-state index is 13.3. The second-order valence-corrected chi connectivity index (χ2v) is 11.2. The lowest BCUT2D eigenvalue weighted by Gasteiger charge is -2.39. The molecule has 0 aliphatic carbocycles. The number of esters is 1. The van der Waals surface area contributed by atoms with E-state index in [-0.39, 0.29) is 5.97 Å². The number of rotatable bonds is 5. The Morgan fingerprint density at radius 1 is 0.821 bits per heavy atom. The number of hydrogen-bond acceptors (Lipinski definition) is 5. The van der Waals surface area contributed by atoms with Gasteiger partial charge in [-0.25, -0.2) is 4.79 Å². The molecule has 1 atom stereocenters. The summed E-state index contributed by atoms with van der Waals surface area (Å²) in [7, 11) is 0. The Morgan fingerprint density at radius 2 is 1.51 bits per heavy atom. The molecule has 2 aliphatic rings. The van der Waals surface area contributed by atoms with Gasteiger partial charge >= 0.3 is 5.97 Å². The van der Waals surface area contributed by atoms with Crippen molar-refractivity contribution in [2.24, 2.45) is 0 Å². The predicted octanol–water partition coefficient (Wildman–Crippen LogP) is 8.58. The molecule has 0 amide bonds. The van der Waals surface area contributed by atoms with Crippen LogP contribution < -0.4 is 15.0 Å². The molecule has 0 radical (unpaired) electrons. The SMILES string of the molecule is Cc1cc2c(cc1Nc1ccc(Cl)cc1)C1(OC(=O)c3ccccc31)c1ccc(N(C(C)C)C(C)C)cc1O2. The summed E-state index contributed by atoms with van der Waals surface area (Å²) in [6.45, 7) is 10.8. The van der Waals surface area contributed by atoms with Gasteiger partial charge in [-0.1, -0.05) is 29.8 Å². The molecule has 0 fully saturated rings. The molecule has 4 aromatic rings. The van der Waals surface area contributed by atoms with E-state index in [2.05, 4.69) is 50.0 Å². The van der Waals surface area contributed by atoms with Gasteiger partial charge in [0.05, 0.1) is 5.56 Å². The summed E-state index contributed by atoms with van der Waals surface area (Å²) in [5, 5.41) is 4.18. The summed E-state index contributed by atoms with van der Waals surface area (Å²) < 4.78 is 13.0. The molecular formula is C33H31ClN2O3. The van der Waals surface area contributed by atoms with Gasteiger partial charge in [-0.05, 0) is 94.8 Å². The van der Waals surface area contributed by atoms with Crippen molar-refractivity contribution in [2.75, 3.05) is 10.2 Å². The van der Waals surface area contributed by atoms with Crippen LogP contribution in [0.1, 0.15) is 60.3 Å². The number of anilines is 3. The molecule has 0 saturated carbocycles. The summed E-state index contributed by atoms with van der Waals surface area (Å²) in [4.78, 5) is 15.6. The number of halogens is 1. The van der Waals surface area contributed by atoms with Crippen molar-refractivity contribution in [3.8, 4) is 11.5 Å². The molecule has 1 unspecified atom stereocenters. The third-order valence-electron chi connectivity index (χ3n) is 7.58. The van der Waals surface area contributed by atoms with Crippen molar-refractivity contribution >= 4 is 34.6 Å². The highest BCUT2D eigenvalue weighted by molar-refractivity contribution is 6.30. The van der Waals surface area contributed by atoms with Gasteiger partial charge in [0.15, 0.2) is 5.60 Å². The van der Waals surface area contributed by atoms with Crippen molar-refractivity contribution < 1.29 is 14.3 Å². The Bertz CT molecular complexity index is 1590. The second kappa shape index (κ2) is 9.35. The average molecular weight is 539 g/mol. The summed E-state index contributed by atoms with van der Waals surface area (Å²) in [5.74, 6) is 1.02. The number of carbonyl (C=O) groups is 1. The van der Waals surface area contributed by atoms with Crippen LogP contribution >= 0.6 is 11.6 Å². The Morgan fingerprint density at radius 3 is 2.23 bits per heavy atom. The van der Waals surface area contributed by atoms with Crippen LogP contribution in [-0.2, 0) is 10.3 Å². The number of nitrogens with one attached hydrogen (secondary N) is 1. The smallest absolute Gasteiger partial charge is 0.340 e. The normalized spacial score (nSPS) is 17.0. The lowest BCUT2D eigenvalue weighted by atomic mass is 9.77. The standard InChI is InChI=1S/C33H31ClN2O3/c1-19(2)36(20(3)4)24-14-15-27-31(17-24)38-30-16-21(5)29(35-23-12-10-22(34)11-13-23)18-28(30)33(27)26-9-7-6-8-25(26)32(37)39-33/h6-20,35H,1-5H3. The Balaban J connectivity index is 1.56. The quantitative estimate of drug-likeness (QED) is 0.258. The molecule has 1 spiro atoms. The zero-order valence-electron chi connectivity index (χ0n) is 22.7. The van der Waals surface area contributed by atoms with Gasteiger partial charge in [0.25, 0.3) is 0 Å². The molecule has 0 aromatic heterocycles. The fourth-order valence-electron chi connectivity index (χ4n) is 5.98. The number of ether oxygens (including phenoxy) is 2. The summed E-state index contributed by atoms with van der Waals surface area (Å²) >= 11 is 6.10. The summed E-state index contributed by atoms with van der Waals surface area (Å²) in [6, 6.07) is 26.1. The molecule has 0 bridgehead atoms. The molecule has 2 heterocycles. The minimum Gasteiger partial charge on any atom is -0.456 e. The fraction of sp³-hybridized carbons (Fsp3) is 0.242. The zero-order chi connectivity index (χ0) is 27.5. The monoisotopic (exact) mass is 538 g/mol. The van der Waals surface area contributed by atoms with Crippen LogP contribution in [0, 0.1) is 6.92 Å². The lowest BCUT2D eigenvalue weighted by molar-refractivity contribution is 0.0224. The van der Waals surface area contributed by atoms with Crippen molar-refractivity contribution in [1.29, 1.82) is 0 Å². The van der Waals surface area contributed by atoms with Crippen LogP contribution in [0.3, 0.4) is 0 Å². The van der Waals surface area contributed by atoms with Crippen LogP contribution in [0.25, 0.3) is 0 Å².